The maximum absolute atomic E-state index is 12.1. The summed E-state index contributed by atoms with van der Waals surface area (Å²) in [5.41, 5.74) is 0.771. The Labute approximate surface area is 109 Å². The number of carbonyl (C=O) groups is 1. The molecule has 2 bridgehead atoms. The van der Waals surface area contributed by atoms with Crippen molar-refractivity contribution in [2.75, 3.05) is 0 Å². The van der Waals surface area contributed by atoms with Gasteiger partial charge in [0, 0.05) is 11.6 Å². The largest absolute Gasteiger partial charge is 0.349 e. The molecule has 96 valence electrons. The Bertz CT molecular complexity index is 428. The molecule has 0 unspecified atom stereocenters. The highest BCUT2D eigenvalue weighted by Gasteiger charge is 2.42. The van der Waals surface area contributed by atoms with E-state index in [1.807, 2.05) is 30.3 Å². The first-order valence-electron chi connectivity index (χ1n) is 7.10. The summed E-state index contributed by atoms with van der Waals surface area (Å²) >= 11 is 0. The molecule has 2 aliphatic carbocycles. The van der Waals surface area contributed by atoms with Crippen molar-refractivity contribution in [3.63, 3.8) is 0 Å². The Morgan fingerprint density at radius 3 is 2.61 bits per heavy atom. The average molecular weight is 243 g/mol. The Morgan fingerprint density at radius 1 is 1.22 bits per heavy atom. The van der Waals surface area contributed by atoms with E-state index in [2.05, 4.69) is 12.2 Å². The van der Waals surface area contributed by atoms with Crippen molar-refractivity contribution in [1.29, 1.82) is 0 Å². The average Bonchev–Trinajstić information content (AvgIpc) is 3.02. The molecule has 2 fully saturated rings. The predicted octanol–water partition coefficient (Wildman–Crippen LogP) is 3.24. The van der Waals surface area contributed by atoms with Crippen LogP contribution in [0.5, 0.6) is 0 Å². The third-order valence-electron chi connectivity index (χ3n) is 4.83. The van der Waals surface area contributed by atoms with E-state index in [4.69, 9.17) is 0 Å². The Hall–Kier alpha value is -1.31. The molecule has 3 rings (SSSR count). The molecular formula is C16H21NO. The van der Waals surface area contributed by atoms with Crippen LogP contribution in [-0.2, 0) is 0 Å². The highest BCUT2D eigenvalue weighted by Crippen LogP contribution is 2.49. The monoisotopic (exact) mass is 243 g/mol. The fourth-order valence-electron chi connectivity index (χ4n) is 3.89. The zero-order valence-corrected chi connectivity index (χ0v) is 10.9. The summed E-state index contributed by atoms with van der Waals surface area (Å²) in [4.78, 5) is 12.1. The van der Waals surface area contributed by atoms with Crippen molar-refractivity contribution in [2.45, 2.75) is 38.6 Å². The number of hydrogen-bond donors (Lipinski definition) is 1. The standard InChI is InChI=1S/C16H21NO/c1-11(15-10-12-7-8-14(15)9-12)17-16(18)13-5-3-2-4-6-13/h2-6,11-12,14-15H,7-10H2,1H3,(H,17,18)/t11-,12+,14+,15+/m1/s1. The van der Waals surface area contributed by atoms with Crippen LogP contribution in [0.2, 0.25) is 0 Å². The van der Waals surface area contributed by atoms with Gasteiger partial charge in [-0.15, -0.1) is 0 Å². The van der Waals surface area contributed by atoms with Crippen LogP contribution in [0.1, 0.15) is 43.0 Å². The maximum atomic E-state index is 12.1. The van der Waals surface area contributed by atoms with Gasteiger partial charge >= 0.3 is 0 Å². The van der Waals surface area contributed by atoms with Crippen LogP contribution in [-0.4, -0.2) is 11.9 Å². The van der Waals surface area contributed by atoms with Gasteiger partial charge in [-0.05, 0) is 56.1 Å². The second kappa shape index (κ2) is 4.75. The lowest BCUT2D eigenvalue weighted by molar-refractivity contribution is 0.0915. The van der Waals surface area contributed by atoms with Crippen molar-refractivity contribution < 1.29 is 4.79 Å². The summed E-state index contributed by atoms with van der Waals surface area (Å²) in [6.45, 7) is 2.17. The molecule has 0 radical (unpaired) electrons. The van der Waals surface area contributed by atoms with E-state index >= 15 is 0 Å². The first kappa shape index (κ1) is 11.8. The number of carbonyl (C=O) groups excluding carboxylic acids is 1. The molecule has 0 aromatic heterocycles. The van der Waals surface area contributed by atoms with Crippen LogP contribution in [0.4, 0.5) is 0 Å². The SMILES string of the molecule is C[C@@H](NC(=O)c1ccccc1)[C@@H]1C[C@H]2CC[C@H]1C2. The number of hydrogen-bond acceptors (Lipinski definition) is 1. The van der Waals surface area contributed by atoms with Crippen LogP contribution in [0.25, 0.3) is 0 Å². The molecule has 1 aromatic rings. The molecular weight excluding hydrogens is 222 g/mol. The molecule has 2 saturated carbocycles. The van der Waals surface area contributed by atoms with Crippen LogP contribution in [0, 0.1) is 17.8 Å². The Morgan fingerprint density at radius 2 is 2.00 bits per heavy atom. The van der Waals surface area contributed by atoms with E-state index in [-0.39, 0.29) is 5.91 Å². The number of amides is 1. The molecule has 0 heterocycles. The predicted molar refractivity (Wildman–Crippen MR) is 72.3 cm³/mol. The third-order valence-corrected chi connectivity index (χ3v) is 4.83. The lowest BCUT2D eigenvalue weighted by Crippen LogP contribution is -2.40. The summed E-state index contributed by atoms with van der Waals surface area (Å²) in [6.07, 6.45) is 5.51. The minimum atomic E-state index is 0.0749. The summed E-state index contributed by atoms with van der Waals surface area (Å²) in [6, 6.07) is 9.84. The van der Waals surface area contributed by atoms with Crippen LogP contribution in [0.3, 0.4) is 0 Å². The van der Waals surface area contributed by atoms with Gasteiger partial charge in [0.25, 0.3) is 5.91 Å². The number of benzene rings is 1. The summed E-state index contributed by atoms with van der Waals surface area (Å²) in [5.74, 6) is 2.58. The molecule has 2 heteroatoms. The number of nitrogens with one attached hydrogen (secondary N) is 1. The topological polar surface area (TPSA) is 29.1 Å². The van der Waals surface area contributed by atoms with Crippen molar-refractivity contribution in [3.8, 4) is 0 Å². The molecule has 0 aliphatic heterocycles. The second-order valence-electron chi connectivity index (χ2n) is 5.97. The first-order valence-corrected chi connectivity index (χ1v) is 7.10. The minimum Gasteiger partial charge on any atom is -0.349 e. The highest BCUT2D eigenvalue weighted by molar-refractivity contribution is 5.94. The molecule has 2 aliphatic rings. The minimum absolute atomic E-state index is 0.0749. The first-order chi connectivity index (χ1) is 8.74. The Balaban J connectivity index is 1.61. The normalized spacial score (nSPS) is 31.3. The molecule has 0 saturated heterocycles. The second-order valence-corrected chi connectivity index (χ2v) is 5.97. The molecule has 1 N–H and O–H groups in total. The van der Waals surface area contributed by atoms with Gasteiger partial charge in [0.2, 0.25) is 0 Å². The van der Waals surface area contributed by atoms with Gasteiger partial charge < -0.3 is 5.32 Å². The number of fused-ring (bicyclic) bond motifs is 2. The fraction of sp³-hybridized carbons (Fsp3) is 0.562. The fourth-order valence-corrected chi connectivity index (χ4v) is 3.89. The van der Waals surface area contributed by atoms with E-state index in [1.165, 1.54) is 25.7 Å². The zero-order valence-electron chi connectivity index (χ0n) is 10.9. The molecule has 1 amide bonds. The van der Waals surface area contributed by atoms with Crippen LogP contribution < -0.4 is 5.32 Å². The van der Waals surface area contributed by atoms with E-state index in [0.29, 0.717) is 12.0 Å². The summed E-state index contributed by atoms with van der Waals surface area (Å²) < 4.78 is 0. The van der Waals surface area contributed by atoms with Crippen molar-refractivity contribution in [1.82, 2.24) is 5.32 Å². The molecule has 18 heavy (non-hydrogen) atoms. The van der Waals surface area contributed by atoms with Gasteiger partial charge in [0.15, 0.2) is 0 Å². The summed E-state index contributed by atoms with van der Waals surface area (Å²) in [7, 11) is 0. The molecule has 4 atom stereocenters. The van der Waals surface area contributed by atoms with Gasteiger partial charge in [-0.25, -0.2) is 0 Å². The highest BCUT2D eigenvalue weighted by atomic mass is 16.1. The molecule has 0 spiro atoms. The van der Waals surface area contributed by atoms with Gasteiger partial charge in [0.05, 0.1) is 0 Å². The summed E-state index contributed by atoms with van der Waals surface area (Å²) in [5, 5.41) is 3.18. The van der Waals surface area contributed by atoms with Crippen molar-refractivity contribution >= 4 is 5.91 Å². The molecule has 1 aromatic carbocycles. The number of rotatable bonds is 3. The van der Waals surface area contributed by atoms with Gasteiger partial charge in [-0.2, -0.15) is 0 Å². The van der Waals surface area contributed by atoms with Gasteiger partial charge in [-0.3, -0.25) is 4.79 Å². The van der Waals surface area contributed by atoms with Crippen molar-refractivity contribution in [3.05, 3.63) is 35.9 Å². The molecule has 2 nitrogen and oxygen atoms in total. The lowest BCUT2D eigenvalue weighted by Gasteiger charge is -2.28. The van der Waals surface area contributed by atoms with E-state index in [0.717, 1.165) is 17.4 Å². The third kappa shape index (κ3) is 2.16. The van der Waals surface area contributed by atoms with Crippen molar-refractivity contribution in [2.24, 2.45) is 17.8 Å². The van der Waals surface area contributed by atoms with E-state index in [9.17, 15) is 4.79 Å². The van der Waals surface area contributed by atoms with Gasteiger partial charge in [0.1, 0.15) is 0 Å². The van der Waals surface area contributed by atoms with Gasteiger partial charge in [-0.1, -0.05) is 24.6 Å². The van der Waals surface area contributed by atoms with E-state index in [1.54, 1.807) is 0 Å². The zero-order chi connectivity index (χ0) is 12.5. The van der Waals surface area contributed by atoms with Crippen LogP contribution >= 0.6 is 0 Å². The Kier molecular flexibility index (Phi) is 3.11. The van der Waals surface area contributed by atoms with Crippen LogP contribution in [0.15, 0.2) is 30.3 Å². The quantitative estimate of drug-likeness (QED) is 0.867. The lowest BCUT2D eigenvalue weighted by atomic mass is 9.84. The maximum Gasteiger partial charge on any atom is 0.251 e. The van der Waals surface area contributed by atoms with E-state index < -0.39 is 0 Å². The smallest absolute Gasteiger partial charge is 0.251 e.